The molecule has 1 amide bonds. The first-order valence-corrected chi connectivity index (χ1v) is 9.72. The van der Waals surface area contributed by atoms with Crippen molar-refractivity contribution in [3.05, 3.63) is 23.8 Å². The molecule has 3 N–H and O–H groups in total. The number of ether oxygens (including phenoxy) is 3. The van der Waals surface area contributed by atoms with E-state index in [2.05, 4.69) is 5.32 Å². The average Bonchev–Trinajstić information content (AvgIpc) is 3.05. The van der Waals surface area contributed by atoms with E-state index in [1.807, 2.05) is 12.1 Å². The number of rotatable bonds is 5. The molecule has 4 atom stereocenters. The van der Waals surface area contributed by atoms with Crippen LogP contribution in [0.15, 0.2) is 18.2 Å². The summed E-state index contributed by atoms with van der Waals surface area (Å²) in [5.74, 6) is -0.380. The van der Waals surface area contributed by atoms with Crippen molar-refractivity contribution in [2.75, 3.05) is 25.1 Å². The van der Waals surface area contributed by atoms with Crippen LogP contribution in [-0.2, 0) is 19.1 Å². The number of carboxylic acid groups (broad SMARTS) is 1. The van der Waals surface area contributed by atoms with Crippen molar-refractivity contribution in [2.45, 2.75) is 49.9 Å². The number of carbonyl (C=O) groups is 2. The average molecular weight is 391 g/mol. The summed E-state index contributed by atoms with van der Waals surface area (Å²) in [6.07, 6.45) is 0.411. The quantitative estimate of drug-likeness (QED) is 0.697. The molecule has 152 valence electrons. The number of hydrogen-bond acceptors (Lipinski definition) is 6. The minimum Gasteiger partial charge on any atom is -0.487 e. The molecule has 1 aromatic rings. The number of carboxylic acids is 1. The summed E-state index contributed by atoms with van der Waals surface area (Å²) in [5.41, 5.74) is 1.62. The fraction of sp³-hybridized carbons (Fsp3) is 0.600. The number of hydrogen-bond donors (Lipinski definition) is 3. The van der Waals surface area contributed by atoms with Gasteiger partial charge in [-0.25, -0.2) is 0 Å². The van der Waals surface area contributed by atoms with Gasteiger partial charge in [-0.05, 0) is 37.5 Å². The van der Waals surface area contributed by atoms with Crippen LogP contribution in [0.4, 0.5) is 5.69 Å². The van der Waals surface area contributed by atoms with E-state index >= 15 is 0 Å². The summed E-state index contributed by atoms with van der Waals surface area (Å²) >= 11 is 0. The van der Waals surface area contributed by atoms with E-state index in [-0.39, 0.29) is 36.9 Å². The zero-order valence-electron chi connectivity index (χ0n) is 15.5. The lowest BCUT2D eigenvalue weighted by Crippen LogP contribution is -2.46. The SMILES string of the molecule is O=C(O)C[C@@H]1C[C@H]2c3cc(NC(=O)C4CCOCC4)ccc3O[C@H]2[C@H](CO)O1. The molecule has 2 fully saturated rings. The summed E-state index contributed by atoms with van der Waals surface area (Å²) in [6, 6.07) is 5.51. The number of fused-ring (bicyclic) bond motifs is 3. The molecule has 8 nitrogen and oxygen atoms in total. The summed E-state index contributed by atoms with van der Waals surface area (Å²) in [6.45, 7) is 0.972. The largest absolute Gasteiger partial charge is 0.487 e. The van der Waals surface area contributed by atoms with Gasteiger partial charge in [0.1, 0.15) is 18.0 Å². The fourth-order valence-electron chi connectivity index (χ4n) is 4.37. The van der Waals surface area contributed by atoms with Gasteiger partial charge in [0.2, 0.25) is 5.91 Å². The lowest BCUT2D eigenvalue weighted by atomic mass is 9.84. The Kier molecular flexibility index (Phi) is 5.52. The predicted molar refractivity (Wildman–Crippen MR) is 98.4 cm³/mol. The molecular weight excluding hydrogens is 366 g/mol. The van der Waals surface area contributed by atoms with Crippen molar-refractivity contribution in [1.82, 2.24) is 0 Å². The first-order chi connectivity index (χ1) is 13.5. The Morgan fingerprint density at radius 3 is 2.71 bits per heavy atom. The molecule has 8 heteroatoms. The summed E-state index contributed by atoms with van der Waals surface area (Å²) in [4.78, 5) is 23.6. The number of aliphatic hydroxyl groups excluding tert-OH is 1. The first kappa shape index (κ1) is 19.2. The van der Waals surface area contributed by atoms with Gasteiger partial charge in [0.05, 0.1) is 19.1 Å². The molecule has 4 rings (SSSR count). The smallest absolute Gasteiger partial charge is 0.305 e. The molecule has 0 spiro atoms. The van der Waals surface area contributed by atoms with Crippen LogP contribution < -0.4 is 10.1 Å². The van der Waals surface area contributed by atoms with Crippen LogP contribution >= 0.6 is 0 Å². The molecule has 3 aliphatic heterocycles. The molecule has 0 radical (unpaired) electrons. The van der Waals surface area contributed by atoms with Crippen molar-refractivity contribution in [1.29, 1.82) is 0 Å². The van der Waals surface area contributed by atoms with E-state index < -0.39 is 18.2 Å². The third kappa shape index (κ3) is 3.85. The molecule has 0 aromatic heterocycles. The lowest BCUT2D eigenvalue weighted by molar-refractivity contribution is -0.153. The van der Waals surface area contributed by atoms with Gasteiger partial charge in [-0.1, -0.05) is 0 Å². The Hall–Kier alpha value is -2.16. The van der Waals surface area contributed by atoms with E-state index in [4.69, 9.17) is 19.3 Å². The van der Waals surface area contributed by atoms with E-state index in [0.717, 1.165) is 18.4 Å². The predicted octanol–water partition coefficient (Wildman–Crippen LogP) is 1.52. The Bertz CT molecular complexity index is 746. The summed E-state index contributed by atoms with van der Waals surface area (Å²) in [5, 5.41) is 21.7. The Labute approximate surface area is 162 Å². The fourth-order valence-corrected chi connectivity index (χ4v) is 4.37. The van der Waals surface area contributed by atoms with E-state index in [1.54, 1.807) is 6.07 Å². The number of nitrogens with one attached hydrogen (secondary N) is 1. The highest BCUT2D eigenvalue weighted by molar-refractivity contribution is 5.92. The molecule has 2 saturated heterocycles. The zero-order valence-corrected chi connectivity index (χ0v) is 15.5. The first-order valence-electron chi connectivity index (χ1n) is 9.72. The highest BCUT2D eigenvalue weighted by Gasteiger charge is 2.46. The second-order valence-electron chi connectivity index (χ2n) is 7.63. The lowest BCUT2D eigenvalue weighted by Gasteiger charge is -2.36. The number of anilines is 1. The highest BCUT2D eigenvalue weighted by atomic mass is 16.6. The molecule has 0 aliphatic carbocycles. The highest BCUT2D eigenvalue weighted by Crippen LogP contribution is 2.47. The second-order valence-corrected chi connectivity index (χ2v) is 7.63. The maximum atomic E-state index is 12.5. The van der Waals surface area contributed by atoms with Crippen molar-refractivity contribution in [2.24, 2.45) is 5.92 Å². The van der Waals surface area contributed by atoms with Gasteiger partial charge >= 0.3 is 5.97 Å². The summed E-state index contributed by atoms with van der Waals surface area (Å²) in [7, 11) is 0. The maximum absolute atomic E-state index is 12.5. The van der Waals surface area contributed by atoms with Crippen LogP contribution in [0.1, 0.15) is 37.2 Å². The van der Waals surface area contributed by atoms with Crippen LogP contribution in [0.25, 0.3) is 0 Å². The Balaban J connectivity index is 1.51. The van der Waals surface area contributed by atoms with Gasteiger partial charge < -0.3 is 29.7 Å². The molecule has 1 aromatic carbocycles. The van der Waals surface area contributed by atoms with Crippen LogP contribution in [0, 0.1) is 5.92 Å². The zero-order chi connectivity index (χ0) is 19.7. The number of benzene rings is 1. The minimum absolute atomic E-state index is 0.0114. The number of amides is 1. The van der Waals surface area contributed by atoms with Gasteiger partial charge in [0.25, 0.3) is 0 Å². The summed E-state index contributed by atoms with van der Waals surface area (Å²) < 4.78 is 17.0. The van der Waals surface area contributed by atoms with E-state index in [1.165, 1.54) is 0 Å². The maximum Gasteiger partial charge on any atom is 0.305 e. The van der Waals surface area contributed by atoms with Crippen LogP contribution in [-0.4, -0.2) is 60.2 Å². The van der Waals surface area contributed by atoms with Crippen molar-refractivity contribution in [3.8, 4) is 5.75 Å². The van der Waals surface area contributed by atoms with Crippen LogP contribution in [0.5, 0.6) is 5.75 Å². The third-order valence-electron chi connectivity index (χ3n) is 5.76. The third-order valence-corrected chi connectivity index (χ3v) is 5.76. The molecule has 3 heterocycles. The Morgan fingerprint density at radius 1 is 1.21 bits per heavy atom. The molecule has 0 saturated carbocycles. The van der Waals surface area contributed by atoms with Crippen LogP contribution in [0.3, 0.4) is 0 Å². The van der Waals surface area contributed by atoms with Crippen molar-refractivity contribution >= 4 is 17.6 Å². The van der Waals surface area contributed by atoms with Crippen molar-refractivity contribution < 1.29 is 34.0 Å². The molecular formula is C20H25NO7. The topological polar surface area (TPSA) is 114 Å². The molecule has 0 bridgehead atoms. The minimum atomic E-state index is -0.934. The van der Waals surface area contributed by atoms with E-state index in [9.17, 15) is 14.7 Å². The number of carbonyl (C=O) groups excluding carboxylic acids is 1. The van der Waals surface area contributed by atoms with Crippen LogP contribution in [0.2, 0.25) is 0 Å². The molecule has 0 unspecified atom stereocenters. The molecule has 28 heavy (non-hydrogen) atoms. The molecule has 3 aliphatic rings. The Morgan fingerprint density at radius 2 is 2.00 bits per heavy atom. The number of aliphatic hydroxyl groups is 1. The van der Waals surface area contributed by atoms with Gasteiger partial charge in [0.15, 0.2) is 0 Å². The van der Waals surface area contributed by atoms with Gasteiger partial charge in [0, 0.05) is 36.3 Å². The normalized spacial score (nSPS) is 29.5. The van der Waals surface area contributed by atoms with Gasteiger partial charge in [-0.2, -0.15) is 0 Å². The second kappa shape index (κ2) is 8.06. The standard InChI is InChI=1S/C20H25NO7/c22-10-17-19-15(8-13(27-17)9-18(23)24)14-7-12(1-2-16(14)28-19)21-20(25)11-3-5-26-6-4-11/h1-2,7,11,13,15,17,19,22H,3-6,8-10H2,(H,21,25)(H,23,24)/t13-,15-,17-,19+/m0/s1. The van der Waals surface area contributed by atoms with Crippen molar-refractivity contribution in [3.63, 3.8) is 0 Å². The monoisotopic (exact) mass is 391 g/mol. The number of aliphatic carboxylic acids is 1. The van der Waals surface area contributed by atoms with Gasteiger partial charge in [-0.15, -0.1) is 0 Å². The van der Waals surface area contributed by atoms with Gasteiger partial charge in [-0.3, -0.25) is 9.59 Å². The van der Waals surface area contributed by atoms with E-state index in [0.29, 0.717) is 31.1 Å².